The van der Waals surface area contributed by atoms with Gasteiger partial charge in [-0.25, -0.2) is 0 Å². The Morgan fingerprint density at radius 1 is 0.645 bits per heavy atom. The predicted molar refractivity (Wildman–Crippen MR) is 137 cm³/mol. The van der Waals surface area contributed by atoms with Crippen molar-refractivity contribution in [2.45, 2.75) is 98.3 Å². The molecule has 2 aliphatic rings. The Morgan fingerprint density at radius 2 is 1.10 bits per heavy atom. The van der Waals surface area contributed by atoms with Gasteiger partial charge in [-0.3, -0.25) is 0 Å². The van der Waals surface area contributed by atoms with Gasteiger partial charge < -0.3 is 0 Å². The van der Waals surface area contributed by atoms with Crippen molar-refractivity contribution in [1.29, 1.82) is 0 Å². The molecule has 4 rings (SSSR count). The summed E-state index contributed by atoms with van der Waals surface area (Å²) in [6, 6.07) is 18.2. The summed E-state index contributed by atoms with van der Waals surface area (Å²) in [5.41, 5.74) is 5.51. The summed E-state index contributed by atoms with van der Waals surface area (Å²) in [6.07, 6.45) is 15.9. The molecule has 0 atom stereocenters. The number of rotatable bonds is 5. The quantitative estimate of drug-likeness (QED) is 0.453. The zero-order chi connectivity index (χ0) is 22.1. The highest BCUT2D eigenvalue weighted by molar-refractivity contribution is 5.63. The lowest BCUT2D eigenvalue weighted by Gasteiger charge is -2.37. The maximum atomic E-state index is 2.44. The fraction of sp³-hybridized carbons (Fsp3) is 0.613. The van der Waals surface area contributed by atoms with Gasteiger partial charge in [0, 0.05) is 0 Å². The van der Waals surface area contributed by atoms with Crippen molar-refractivity contribution in [2.24, 2.45) is 23.7 Å². The normalized spacial score (nSPS) is 26.1. The Hall–Kier alpha value is -1.56. The van der Waals surface area contributed by atoms with Crippen LogP contribution in [0.1, 0.15) is 96.1 Å². The van der Waals surface area contributed by atoms with Crippen LogP contribution in [-0.4, -0.2) is 0 Å². The lowest BCUT2D eigenvalue weighted by Crippen LogP contribution is -2.25. The molecule has 2 aliphatic carbocycles. The molecular weight excluding hydrogens is 372 g/mol. The summed E-state index contributed by atoms with van der Waals surface area (Å²) in [4.78, 5) is 0. The van der Waals surface area contributed by atoms with E-state index in [0.717, 1.165) is 23.7 Å². The summed E-state index contributed by atoms with van der Waals surface area (Å²) < 4.78 is 0. The Bertz CT molecular complexity index is 723. The average molecular weight is 419 g/mol. The van der Waals surface area contributed by atoms with E-state index in [-0.39, 0.29) is 0 Å². The predicted octanol–water partition coefficient (Wildman–Crippen LogP) is 9.64. The standard InChI is InChI=1S/C28H38.C3H8/c1-21-3-13-25(14-4-21)27-17-9-23(10-18-27)7-8-24-11-19-28(20-12-24)26-15-5-22(2)6-16-26;1-3-2/h3-4,9-10,13-14,17-18,22,24,26,28H,5-8,11-12,15-16,19-20H2,1-2H3;3H2,1-2H3. The van der Waals surface area contributed by atoms with Gasteiger partial charge in [0.1, 0.15) is 0 Å². The zero-order valence-electron chi connectivity index (χ0n) is 20.7. The van der Waals surface area contributed by atoms with Crippen LogP contribution in [0.3, 0.4) is 0 Å². The molecule has 0 amide bonds. The van der Waals surface area contributed by atoms with E-state index in [9.17, 15) is 0 Å². The summed E-state index contributed by atoms with van der Waals surface area (Å²) in [5.74, 6) is 4.07. The van der Waals surface area contributed by atoms with E-state index in [2.05, 4.69) is 76.2 Å². The summed E-state index contributed by atoms with van der Waals surface area (Å²) in [5, 5.41) is 0. The van der Waals surface area contributed by atoms with Crippen LogP contribution in [0.25, 0.3) is 11.1 Å². The smallest absolute Gasteiger partial charge is 0.0184 e. The Morgan fingerprint density at radius 3 is 1.61 bits per heavy atom. The van der Waals surface area contributed by atoms with Gasteiger partial charge in [0.25, 0.3) is 0 Å². The van der Waals surface area contributed by atoms with Crippen LogP contribution in [0.5, 0.6) is 0 Å². The number of hydrogen-bond donors (Lipinski definition) is 0. The molecule has 2 fully saturated rings. The second-order valence-corrected chi connectivity index (χ2v) is 10.6. The highest BCUT2D eigenvalue weighted by Crippen LogP contribution is 2.42. The van der Waals surface area contributed by atoms with Crippen molar-refractivity contribution in [3.8, 4) is 11.1 Å². The molecule has 0 aromatic heterocycles. The van der Waals surface area contributed by atoms with Gasteiger partial charge >= 0.3 is 0 Å². The van der Waals surface area contributed by atoms with E-state index in [1.54, 1.807) is 0 Å². The summed E-state index contributed by atoms with van der Waals surface area (Å²) >= 11 is 0. The number of aryl methyl sites for hydroxylation is 2. The van der Waals surface area contributed by atoms with Crippen LogP contribution in [0.15, 0.2) is 48.5 Å². The van der Waals surface area contributed by atoms with Crippen molar-refractivity contribution in [3.63, 3.8) is 0 Å². The van der Waals surface area contributed by atoms with E-state index in [0.29, 0.717) is 0 Å². The lowest BCUT2D eigenvalue weighted by atomic mass is 9.69. The molecule has 2 saturated carbocycles. The summed E-state index contributed by atoms with van der Waals surface area (Å²) in [6.45, 7) is 8.84. The minimum atomic E-state index is 0.968. The largest absolute Gasteiger partial charge is 0.0656 e. The fourth-order valence-electron chi connectivity index (χ4n) is 5.69. The molecule has 0 aliphatic heterocycles. The van der Waals surface area contributed by atoms with Crippen molar-refractivity contribution >= 4 is 0 Å². The van der Waals surface area contributed by atoms with Crippen LogP contribution in [-0.2, 0) is 6.42 Å². The molecule has 0 spiro atoms. The van der Waals surface area contributed by atoms with E-state index < -0.39 is 0 Å². The van der Waals surface area contributed by atoms with Crippen LogP contribution in [0.4, 0.5) is 0 Å². The van der Waals surface area contributed by atoms with Crippen molar-refractivity contribution in [1.82, 2.24) is 0 Å². The number of hydrogen-bond acceptors (Lipinski definition) is 0. The molecule has 0 unspecified atom stereocenters. The third-order valence-corrected chi connectivity index (χ3v) is 7.80. The molecule has 0 bridgehead atoms. The first-order valence-electron chi connectivity index (χ1n) is 13.2. The van der Waals surface area contributed by atoms with E-state index in [1.165, 1.54) is 92.9 Å². The van der Waals surface area contributed by atoms with E-state index >= 15 is 0 Å². The lowest BCUT2D eigenvalue weighted by molar-refractivity contribution is 0.148. The first-order valence-corrected chi connectivity index (χ1v) is 13.2. The fourth-order valence-corrected chi connectivity index (χ4v) is 5.69. The SMILES string of the molecule is CCC.Cc1ccc(-c2ccc(CCC3CCC(C4CCC(C)CC4)CC3)cc2)cc1. The molecule has 0 nitrogen and oxygen atoms in total. The Kier molecular flexibility index (Phi) is 9.69. The first-order chi connectivity index (χ1) is 15.1. The summed E-state index contributed by atoms with van der Waals surface area (Å²) in [7, 11) is 0. The molecule has 2 aromatic carbocycles. The van der Waals surface area contributed by atoms with Crippen molar-refractivity contribution in [3.05, 3.63) is 59.7 Å². The second kappa shape index (κ2) is 12.5. The van der Waals surface area contributed by atoms with Gasteiger partial charge in [0.15, 0.2) is 0 Å². The maximum Gasteiger partial charge on any atom is -0.0184 e. The second-order valence-electron chi connectivity index (χ2n) is 10.6. The molecule has 0 N–H and O–H groups in total. The average Bonchev–Trinajstić information content (AvgIpc) is 2.80. The third-order valence-electron chi connectivity index (χ3n) is 7.80. The molecule has 31 heavy (non-hydrogen) atoms. The van der Waals surface area contributed by atoms with Crippen LogP contribution < -0.4 is 0 Å². The van der Waals surface area contributed by atoms with Crippen molar-refractivity contribution < 1.29 is 0 Å². The third kappa shape index (κ3) is 7.51. The van der Waals surface area contributed by atoms with Crippen LogP contribution in [0.2, 0.25) is 0 Å². The van der Waals surface area contributed by atoms with Gasteiger partial charge in [-0.1, -0.05) is 107 Å². The van der Waals surface area contributed by atoms with Crippen LogP contribution in [0, 0.1) is 30.6 Å². The highest BCUT2D eigenvalue weighted by Gasteiger charge is 2.29. The van der Waals surface area contributed by atoms with Gasteiger partial charge in [-0.05, 0) is 85.8 Å². The van der Waals surface area contributed by atoms with E-state index in [1.807, 2.05) is 0 Å². The molecule has 0 radical (unpaired) electrons. The molecule has 0 heterocycles. The first kappa shape index (κ1) is 24.1. The van der Waals surface area contributed by atoms with Crippen LogP contribution >= 0.6 is 0 Å². The Balaban J connectivity index is 0.000000858. The Labute approximate surface area is 192 Å². The van der Waals surface area contributed by atoms with E-state index in [4.69, 9.17) is 0 Å². The molecule has 0 heteroatoms. The molecule has 2 aromatic rings. The maximum absolute atomic E-state index is 2.44. The molecule has 170 valence electrons. The molecule has 0 saturated heterocycles. The minimum absolute atomic E-state index is 0.968. The number of benzene rings is 2. The van der Waals surface area contributed by atoms with Gasteiger partial charge in [0.05, 0.1) is 0 Å². The topological polar surface area (TPSA) is 0 Å². The molecular formula is C31H46. The van der Waals surface area contributed by atoms with Gasteiger partial charge in [0.2, 0.25) is 0 Å². The highest BCUT2D eigenvalue weighted by atomic mass is 14.3. The minimum Gasteiger partial charge on any atom is -0.0656 e. The van der Waals surface area contributed by atoms with Gasteiger partial charge in [-0.15, -0.1) is 0 Å². The zero-order valence-corrected chi connectivity index (χ0v) is 20.7. The van der Waals surface area contributed by atoms with Gasteiger partial charge in [-0.2, -0.15) is 0 Å². The van der Waals surface area contributed by atoms with Crippen molar-refractivity contribution in [2.75, 3.05) is 0 Å². The monoisotopic (exact) mass is 418 g/mol.